The molecule has 0 aliphatic rings. The van der Waals surface area contributed by atoms with Crippen LogP contribution in [0.25, 0.3) is 22.6 Å². The van der Waals surface area contributed by atoms with Gasteiger partial charge in [-0.1, -0.05) is 41.9 Å². The van der Waals surface area contributed by atoms with E-state index in [1.165, 1.54) is 0 Å². The van der Waals surface area contributed by atoms with Crippen LogP contribution in [0.4, 0.5) is 0 Å². The van der Waals surface area contributed by atoms with Crippen LogP contribution in [0.1, 0.15) is 0 Å². The molecule has 0 saturated heterocycles. The molecular formula is C14H8BrClN2S. The van der Waals surface area contributed by atoms with E-state index in [-0.39, 0.29) is 0 Å². The molecule has 0 bridgehead atoms. The lowest BCUT2D eigenvalue weighted by molar-refractivity contribution is 1.18. The summed E-state index contributed by atoms with van der Waals surface area (Å²) in [6, 6.07) is 11.6. The van der Waals surface area contributed by atoms with Crippen LogP contribution in [0.15, 0.2) is 51.6 Å². The number of hydrogen-bond acceptors (Lipinski definition) is 3. The highest BCUT2D eigenvalue weighted by Gasteiger charge is 2.10. The first-order valence-corrected chi connectivity index (χ1v) is 7.67. The number of hydrogen-bond donors (Lipinski definition) is 0. The highest BCUT2D eigenvalue weighted by Crippen LogP contribution is 2.32. The lowest BCUT2D eigenvalue weighted by Gasteiger charge is -2.04. The Morgan fingerprint density at radius 3 is 2.53 bits per heavy atom. The second-order valence-electron chi connectivity index (χ2n) is 3.90. The molecule has 3 aromatic rings. The molecule has 2 aromatic heterocycles. The van der Waals surface area contributed by atoms with E-state index in [2.05, 4.69) is 25.9 Å². The van der Waals surface area contributed by atoms with E-state index in [0.717, 1.165) is 21.3 Å². The van der Waals surface area contributed by atoms with Gasteiger partial charge >= 0.3 is 0 Å². The van der Waals surface area contributed by atoms with Crippen LogP contribution in [-0.2, 0) is 0 Å². The number of nitrogens with zero attached hydrogens (tertiary/aromatic N) is 2. The van der Waals surface area contributed by atoms with Crippen molar-refractivity contribution < 1.29 is 0 Å². The summed E-state index contributed by atoms with van der Waals surface area (Å²) in [5.74, 6) is 0.640. The maximum atomic E-state index is 6.11. The summed E-state index contributed by atoms with van der Waals surface area (Å²) in [5, 5.41) is 4.51. The first-order chi connectivity index (χ1) is 9.24. The fourth-order valence-corrected chi connectivity index (χ4v) is 3.41. The Morgan fingerprint density at radius 1 is 1.05 bits per heavy atom. The topological polar surface area (TPSA) is 25.8 Å². The van der Waals surface area contributed by atoms with Crippen molar-refractivity contribution in [3.05, 3.63) is 56.8 Å². The molecule has 0 fully saturated rings. The Hall–Kier alpha value is -1.23. The van der Waals surface area contributed by atoms with Crippen molar-refractivity contribution in [1.29, 1.82) is 0 Å². The Bertz CT molecular complexity index is 712. The van der Waals surface area contributed by atoms with Gasteiger partial charge in [0.15, 0.2) is 5.82 Å². The lowest BCUT2D eigenvalue weighted by atomic mass is 10.2. The molecule has 0 spiro atoms. The van der Waals surface area contributed by atoms with Crippen molar-refractivity contribution in [1.82, 2.24) is 9.97 Å². The monoisotopic (exact) mass is 350 g/mol. The van der Waals surface area contributed by atoms with Crippen LogP contribution in [-0.4, -0.2) is 9.97 Å². The van der Waals surface area contributed by atoms with E-state index >= 15 is 0 Å². The molecule has 94 valence electrons. The quantitative estimate of drug-likeness (QED) is 0.586. The van der Waals surface area contributed by atoms with Crippen molar-refractivity contribution in [2.45, 2.75) is 0 Å². The highest BCUT2D eigenvalue weighted by molar-refractivity contribution is 9.10. The summed E-state index contributed by atoms with van der Waals surface area (Å²) < 4.78 is 1.02. The maximum absolute atomic E-state index is 6.11. The fraction of sp³-hybridized carbons (Fsp3) is 0. The predicted octanol–water partition coefficient (Wildman–Crippen LogP) is 5.29. The first kappa shape index (κ1) is 12.8. The van der Waals surface area contributed by atoms with Crippen molar-refractivity contribution in [3.8, 4) is 22.6 Å². The minimum Gasteiger partial charge on any atom is -0.228 e. The van der Waals surface area contributed by atoms with E-state index in [0.29, 0.717) is 11.0 Å². The van der Waals surface area contributed by atoms with Gasteiger partial charge in [0.1, 0.15) is 5.15 Å². The minimum atomic E-state index is 0.446. The van der Waals surface area contributed by atoms with Crippen LogP contribution in [0.5, 0.6) is 0 Å². The molecule has 0 atom stereocenters. The number of thiophene rings is 1. The Balaban J connectivity index is 2.14. The number of halogens is 2. The van der Waals surface area contributed by atoms with Gasteiger partial charge in [0, 0.05) is 32.4 Å². The Morgan fingerprint density at radius 2 is 1.84 bits per heavy atom. The van der Waals surface area contributed by atoms with Gasteiger partial charge in [-0.15, -0.1) is 0 Å². The van der Waals surface area contributed by atoms with Gasteiger partial charge in [-0.3, -0.25) is 0 Å². The molecule has 1 aromatic carbocycles. The molecule has 0 amide bonds. The second-order valence-corrected chi connectivity index (χ2v) is 5.88. The van der Waals surface area contributed by atoms with Gasteiger partial charge in [-0.25, -0.2) is 9.97 Å². The summed E-state index contributed by atoms with van der Waals surface area (Å²) in [6.07, 6.45) is 0. The predicted molar refractivity (Wildman–Crippen MR) is 83.5 cm³/mol. The summed E-state index contributed by atoms with van der Waals surface area (Å²) in [7, 11) is 0. The van der Waals surface area contributed by atoms with Crippen LogP contribution >= 0.6 is 38.9 Å². The van der Waals surface area contributed by atoms with Crippen molar-refractivity contribution in [2.24, 2.45) is 0 Å². The van der Waals surface area contributed by atoms with Gasteiger partial charge in [0.05, 0.1) is 5.69 Å². The van der Waals surface area contributed by atoms with Gasteiger partial charge < -0.3 is 0 Å². The van der Waals surface area contributed by atoms with E-state index in [4.69, 9.17) is 11.6 Å². The average molecular weight is 352 g/mol. The summed E-state index contributed by atoms with van der Waals surface area (Å²) in [5.41, 5.74) is 2.82. The van der Waals surface area contributed by atoms with Gasteiger partial charge in [0.25, 0.3) is 0 Å². The van der Waals surface area contributed by atoms with E-state index < -0.39 is 0 Å². The Labute approximate surface area is 128 Å². The van der Waals surface area contributed by atoms with E-state index in [1.54, 1.807) is 17.4 Å². The molecule has 0 saturated carbocycles. The molecular weight excluding hydrogens is 344 g/mol. The van der Waals surface area contributed by atoms with Crippen molar-refractivity contribution in [3.63, 3.8) is 0 Å². The SMILES string of the molecule is Clc1cc(-c2cscc2Br)nc(-c2ccccc2)n1. The second kappa shape index (κ2) is 5.41. The molecule has 2 heterocycles. The van der Waals surface area contributed by atoms with Gasteiger partial charge in [-0.2, -0.15) is 11.3 Å². The number of rotatable bonds is 2. The fourth-order valence-electron chi connectivity index (χ4n) is 1.74. The lowest BCUT2D eigenvalue weighted by Crippen LogP contribution is -1.92. The molecule has 0 aliphatic carbocycles. The van der Waals surface area contributed by atoms with Crippen LogP contribution in [0, 0.1) is 0 Å². The molecule has 0 unspecified atom stereocenters. The average Bonchev–Trinajstić information content (AvgIpc) is 2.85. The van der Waals surface area contributed by atoms with E-state index in [1.807, 2.05) is 41.1 Å². The third-order valence-corrected chi connectivity index (χ3v) is 4.51. The van der Waals surface area contributed by atoms with Crippen LogP contribution < -0.4 is 0 Å². The third kappa shape index (κ3) is 2.71. The molecule has 0 N–H and O–H groups in total. The normalized spacial score (nSPS) is 10.6. The third-order valence-electron chi connectivity index (χ3n) is 2.62. The van der Waals surface area contributed by atoms with Crippen LogP contribution in [0.2, 0.25) is 5.15 Å². The highest BCUT2D eigenvalue weighted by atomic mass is 79.9. The summed E-state index contributed by atoms with van der Waals surface area (Å²) in [4.78, 5) is 8.87. The zero-order valence-corrected chi connectivity index (χ0v) is 12.8. The molecule has 3 rings (SSSR count). The largest absolute Gasteiger partial charge is 0.228 e. The van der Waals surface area contributed by atoms with Crippen LogP contribution in [0.3, 0.4) is 0 Å². The Kier molecular flexibility index (Phi) is 3.64. The van der Waals surface area contributed by atoms with Gasteiger partial charge in [0.2, 0.25) is 0 Å². The standard InChI is InChI=1S/C14H8BrClN2S/c15-11-8-19-7-10(11)12-6-13(16)18-14(17-12)9-4-2-1-3-5-9/h1-8H. The van der Waals surface area contributed by atoms with Crippen molar-refractivity contribution in [2.75, 3.05) is 0 Å². The summed E-state index contributed by atoms with van der Waals surface area (Å²) >= 11 is 11.2. The number of benzene rings is 1. The smallest absolute Gasteiger partial charge is 0.161 e. The molecule has 2 nitrogen and oxygen atoms in total. The van der Waals surface area contributed by atoms with E-state index in [9.17, 15) is 0 Å². The molecule has 5 heteroatoms. The van der Waals surface area contributed by atoms with Gasteiger partial charge in [-0.05, 0) is 15.9 Å². The number of aromatic nitrogens is 2. The maximum Gasteiger partial charge on any atom is 0.161 e. The zero-order chi connectivity index (χ0) is 13.2. The molecule has 0 radical (unpaired) electrons. The molecule has 19 heavy (non-hydrogen) atoms. The van der Waals surface area contributed by atoms with Crippen molar-refractivity contribution >= 4 is 38.9 Å². The first-order valence-electron chi connectivity index (χ1n) is 5.56. The minimum absolute atomic E-state index is 0.446. The zero-order valence-electron chi connectivity index (χ0n) is 9.68. The molecule has 0 aliphatic heterocycles. The summed E-state index contributed by atoms with van der Waals surface area (Å²) in [6.45, 7) is 0.